The maximum absolute atomic E-state index is 5.46. The molecule has 0 aromatic heterocycles. The summed E-state index contributed by atoms with van der Waals surface area (Å²) in [6.07, 6.45) is 3.74. The van der Waals surface area contributed by atoms with Crippen LogP contribution in [0, 0.1) is 0 Å². The summed E-state index contributed by atoms with van der Waals surface area (Å²) in [4.78, 5) is 0. The summed E-state index contributed by atoms with van der Waals surface area (Å²) in [7, 11) is 1.71. The molecule has 0 aliphatic carbocycles. The van der Waals surface area contributed by atoms with E-state index >= 15 is 0 Å². The van der Waals surface area contributed by atoms with E-state index in [1.165, 1.54) is 5.56 Å². The van der Waals surface area contributed by atoms with E-state index in [0.717, 1.165) is 38.3 Å². The molecular formula is C16H25NO2. The first-order chi connectivity index (χ1) is 9.27. The van der Waals surface area contributed by atoms with Crippen LogP contribution in [-0.2, 0) is 11.2 Å². The Hall–Kier alpha value is -1.32. The molecule has 0 saturated carbocycles. The summed E-state index contributed by atoms with van der Waals surface area (Å²) in [6.45, 7) is 8.20. The number of para-hydroxylation sites is 1. The Labute approximate surface area is 116 Å². The van der Waals surface area contributed by atoms with Gasteiger partial charge in [0.05, 0.1) is 20.3 Å². The Morgan fingerprint density at radius 3 is 2.84 bits per heavy atom. The maximum Gasteiger partial charge on any atom is 0.122 e. The molecule has 19 heavy (non-hydrogen) atoms. The lowest BCUT2D eigenvalue weighted by atomic mass is 10.1. The SMILES string of the molecule is C=CCCOCCNC(C)Cc1ccccc1OC. The zero-order valence-corrected chi connectivity index (χ0v) is 12.0. The van der Waals surface area contributed by atoms with Gasteiger partial charge in [0.15, 0.2) is 0 Å². The van der Waals surface area contributed by atoms with Crippen molar-refractivity contribution in [1.82, 2.24) is 5.32 Å². The van der Waals surface area contributed by atoms with E-state index in [4.69, 9.17) is 9.47 Å². The van der Waals surface area contributed by atoms with Crippen molar-refractivity contribution in [2.24, 2.45) is 0 Å². The molecule has 0 fully saturated rings. The van der Waals surface area contributed by atoms with Gasteiger partial charge in [0, 0.05) is 12.6 Å². The third kappa shape index (κ3) is 6.41. The molecule has 106 valence electrons. The summed E-state index contributed by atoms with van der Waals surface area (Å²) >= 11 is 0. The second-order valence-corrected chi connectivity index (χ2v) is 4.56. The van der Waals surface area contributed by atoms with Gasteiger partial charge in [0.2, 0.25) is 0 Å². The van der Waals surface area contributed by atoms with Crippen LogP contribution < -0.4 is 10.1 Å². The Morgan fingerprint density at radius 1 is 1.32 bits per heavy atom. The molecule has 3 nitrogen and oxygen atoms in total. The molecule has 1 N–H and O–H groups in total. The summed E-state index contributed by atoms with van der Waals surface area (Å²) < 4.78 is 10.8. The lowest BCUT2D eigenvalue weighted by Crippen LogP contribution is -2.31. The van der Waals surface area contributed by atoms with Gasteiger partial charge >= 0.3 is 0 Å². The van der Waals surface area contributed by atoms with Gasteiger partial charge in [-0.25, -0.2) is 0 Å². The fourth-order valence-corrected chi connectivity index (χ4v) is 1.92. The molecule has 0 heterocycles. The minimum atomic E-state index is 0.402. The van der Waals surface area contributed by atoms with Crippen LogP contribution in [0.2, 0.25) is 0 Å². The van der Waals surface area contributed by atoms with Crippen LogP contribution in [0.25, 0.3) is 0 Å². The molecule has 0 aliphatic rings. The summed E-state index contributed by atoms with van der Waals surface area (Å²) in [6, 6.07) is 8.55. The van der Waals surface area contributed by atoms with Gasteiger partial charge in [0.25, 0.3) is 0 Å². The third-order valence-corrected chi connectivity index (χ3v) is 2.92. The van der Waals surface area contributed by atoms with Gasteiger partial charge < -0.3 is 14.8 Å². The average Bonchev–Trinajstić information content (AvgIpc) is 2.43. The number of benzene rings is 1. The van der Waals surface area contributed by atoms with Crippen molar-refractivity contribution in [2.75, 3.05) is 26.9 Å². The highest BCUT2D eigenvalue weighted by Crippen LogP contribution is 2.18. The van der Waals surface area contributed by atoms with Crippen molar-refractivity contribution in [2.45, 2.75) is 25.8 Å². The predicted molar refractivity (Wildman–Crippen MR) is 79.8 cm³/mol. The van der Waals surface area contributed by atoms with Crippen molar-refractivity contribution in [1.29, 1.82) is 0 Å². The first kappa shape index (κ1) is 15.7. The molecule has 0 spiro atoms. The van der Waals surface area contributed by atoms with Crippen molar-refractivity contribution < 1.29 is 9.47 Å². The number of methoxy groups -OCH3 is 1. The first-order valence-electron chi connectivity index (χ1n) is 6.81. The first-order valence-corrected chi connectivity index (χ1v) is 6.81. The van der Waals surface area contributed by atoms with E-state index in [-0.39, 0.29) is 0 Å². The molecule has 0 saturated heterocycles. The standard InChI is InChI=1S/C16H25NO2/c1-4-5-11-19-12-10-17-14(2)13-15-8-6-7-9-16(15)18-3/h4,6-9,14,17H,1,5,10-13H2,2-3H3. The molecule has 0 aliphatic heterocycles. The zero-order chi connectivity index (χ0) is 13.9. The molecule has 1 aromatic carbocycles. The van der Waals surface area contributed by atoms with Crippen LogP contribution in [0.1, 0.15) is 18.9 Å². The number of ether oxygens (including phenoxy) is 2. The topological polar surface area (TPSA) is 30.5 Å². The zero-order valence-electron chi connectivity index (χ0n) is 12.0. The van der Waals surface area contributed by atoms with Crippen molar-refractivity contribution in [3.8, 4) is 5.75 Å². The monoisotopic (exact) mass is 263 g/mol. The molecule has 1 aromatic rings. The molecule has 0 radical (unpaired) electrons. The highest BCUT2D eigenvalue weighted by molar-refractivity contribution is 5.33. The Balaban J connectivity index is 2.23. The molecule has 1 unspecified atom stereocenters. The largest absolute Gasteiger partial charge is 0.496 e. The van der Waals surface area contributed by atoms with Gasteiger partial charge in [0.1, 0.15) is 5.75 Å². The molecular weight excluding hydrogens is 238 g/mol. The summed E-state index contributed by atoms with van der Waals surface area (Å²) in [5.74, 6) is 0.957. The van der Waals surface area contributed by atoms with Crippen LogP contribution in [0.4, 0.5) is 0 Å². The maximum atomic E-state index is 5.46. The van der Waals surface area contributed by atoms with E-state index in [1.54, 1.807) is 7.11 Å². The van der Waals surface area contributed by atoms with Gasteiger partial charge in [-0.05, 0) is 31.4 Å². The van der Waals surface area contributed by atoms with E-state index in [2.05, 4.69) is 24.9 Å². The average molecular weight is 263 g/mol. The fraction of sp³-hybridized carbons (Fsp3) is 0.500. The number of hydrogen-bond donors (Lipinski definition) is 1. The lowest BCUT2D eigenvalue weighted by molar-refractivity contribution is 0.138. The molecule has 0 bridgehead atoms. The van der Waals surface area contributed by atoms with Crippen molar-refractivity contribution in [3.05, 3.63) is 42.5 Å². The Morgan fingerprint density at radius 2 is 2.11 bits per heavy atom. The van der Waals surface area contributed by atoms with Crippen LogP contribution in [-0.4, -0.2) is 32.9 Å². The van der Waals surface area contributed by atoms with Gasteiger partial charge in [-0.2, -0.15) is 0 Å². The van der Waals surface area contributed by atoms with E-state index in [0.29, 0.717) is 6.04 Å². The Kier molecular flexibility index (Phi) is 7.94. The quantitative estimate of drug-likeness (QED) is 0.520. The van der Waals surface area contributed by atoms with Crippen LogP contribution in [0.5, 0.6) is 5.75 Å². The van der Waals surface area contributed by atoms with E-state index in [1.807, 2.05) is 24.3 Å². The van der Waals surface area contributed by atoms with Gasteiger partial charge in [-0.15, -0.1) is 6.58 Å². The van der Waals surface area contributed by atoms with Crippen LogP contribution >= 0.6 is 0 Å². The minimum absolute atomic E-state index is 0.402. The normalized spacial score (nSPS) is 12.1. The predicted octanol–water partition coefficient (Wildman–Crippen LogP) is 2.81. The lowest BCUT2D eigenvalue weighted by Gasteiger charge is -2.15. The molecule has 1 rings (SSSR count). The van der Waals surface area contributed by atoms with E-state index < -0.39 is 0 Å². The van der Waals surface area contributed by atoms with Crippen LogP contribution in [0.15, 0.2) is 36.9 Å². The summed E-state index contributed by atoms with van der Waals surface area (Å²) in [5.41, 5.74) is 1.23. The van der Waals surface area contributed by atoms with Crippen molar-refractivity contribution in [3.63, 3.8) is 0 Å². The number of nitrogens with one attached hydrogen (secondary N) is 1. The van der Waals surface area contributed by atoms with Gasteiger partial charge in [-0.3, -0.25) is 0 Å². The second-order valence-electron chi connectivity index (χ2n) is 4.56. The Bertz CT molecular complexity index is 366. The second kappa shape index (κ2) is 9.59. The van der Waals surface area contributed by atoms with Crippen LogP contribution in [0.3, 0.4) is 0 Å². The van der Waals surface area contributed by atoms with E-state index in [9.17, 15) is 0 Å². The number of hydrogen-bond acceptors (Lipinski definition) is 3. The highest BCUT2D eigenvalue weighted by atomic mass is 16.5. The molecule has 3 heteroatoms. The molecule has 0 amide bonds. The van der Waals surface area contributed by atoms with Gasteiger partial charge in [-0.1, -0.05) is 24.3 Å². The summed E-state index contributed by atoms with van der Waals surface area (Å²) in [5, 5.41) is 3.45. The van der Waals surface area contributed by atoms with Crippen molar-refractivity contribution >= 4 is 0 Å². The molecule has 1 atom stereocenters. The number of rotatable bonds is 10. The fourth-order valence-electron chi connectivity index (χ4n) is 1.92. The highest BCUT2D eigenvalue weighted by Gasteiger charge is 2.06. The minimum Gasteiger partial charge on any atom is -0.496 e. The third-order valence-electron chi connectivity index (χ3n) is 2.92. The smallest absolute Gasteiger partial charge is 0.122 e.